The van der Waals surface area contributed by atoms with E-state index >= 15 is 0 Å². The van der Waals surface area contributed by atoms with Crippen molar-refractivity contribution in [1.29, 1.82) is 5.26 Å². The van der Waals surface area contributed by atoms with Gasteiger partial charge in [0.25, 0.3) is 0 Å². The van der Waals surface area contributed by atoms with Gasteiger partial charge in [-0.15, -0.1) is 0 Å². The van der Waals surface area contributed by atoms with Gasteiger partial charge in [-0.3, -0.25) is 9.59 Å². The molecule has 1 aromatic carbocycles. The van der Waals surface area contributed by atoms with Crippen LogP contribution < -0.4 is 16.0 Å². The monoisotopic (exact) mass is 385 g/mol. The van der Waals surface area contributed by atoms with Gasteiger partial charge in [0.15, 0.2) is 0 Å². The smallest absolute Gasteiger partial charge is 0.317 e. The van der Waals surface area contributed by atoms with E-state index in [-0.39, 0.29) is 17.5 Å². The van der Waals surface area contributed by atoms with Crippen molar-refractivity contribution >= 4 is 23.5 Å². The van der Waals surface area contributed by atoms with E-state index < -0.39 is 11.8 Å². The van der Waals surface area contributed by atoms with Crippen molar-refractivity contribution in [2.75, 3.05) is 25.0 Å². The van der Waals surface area contributed by atoms with Crippen LogP contribution in [-0.2, 0) is 9.59 Å². The van der Waals surface area contributed by atoms with Crippen LogP contribution in [0.2, 0.25) is 0 Å². The number of urea groups is 1. The molecule has 28 heavy (non-hydrogen) atoms. The van der Waals surface area contributed by atoms with Crippen LogP contribution in [0, 0.1) is 17.2 Å². The van der Waals surface area contributed by atoms with Gasteiger partial charge < -0.3 is 20.9 Å². The largest absolute Gasteiger partial charge is 0.348 e. The molecule has 4 amide bonds. The fourth-order valence-corrected chi connectivity index (χ4v) is 2.93. The highest BCUT2D eigenvalue weighted by atomic mass is 16.2. The molecule has 0 aromatic heterocycles. The minimum Gasteiger partial charge on any atom is -0.348 e. The second-order valence-electron chi connectivity index (χ2n) is 7.93. The SMILES string of the molecule is CC(C)(C)NC(=O)N1CCC(CNC(=O)C(=O)Nc2ccccc2C#N)CC1. The molecule has 1 fully saturated rings. The number of nitrogens with zero attached hydrogens (tertiary/aromatic N) is 2. The van der Waals surface area contributed by atoms with E-state index in [0.717, 1.165) is 12.8 Å². The van der Waals surface area contributed by atoms with E-state index in [1.807, 2.05) is 26.8 Å². The Morgan fingerprint density at radius 2 is 1.79 bits per heavy atom. The number of anilines is 1. The Labute approximate surface area is 165 Å². The standard InChI is InChI=1S/C20H27N5O3/c1-20(2,3)24-19(28)25-10-8-14(9-11-25)13-22-17(26)18(27)23-16-7-5-4-6-15(16)12-21/h4-7,14H,8-11,13H2,1-3H3,(H,22,26)(H,23,27)(H,24,28). The van der Waals surface area contributed by atoms with Gasteiger partial charge in [0.05, 0.1) is 11.3 Å². The van der Waals surface area contributed by atoms with Gasteiger partial charge in [-0.25, -0.2) is 4.79 Å². The molecular weight excluding hydrogens is 358 g/mol. The summed E-state index contributed by atoms with van der Waals surface area (Å²) < 4.78 is 0. The summed E-state index contributed by atoms with van der Waals surface area (Å²) in [5, 5.41) is 17.1. The highest BCUT2D eigenvalue weighted by Gasteiger charge is 2.26. The van der Waals surface area contributed by atoms with Crippen LogP contribution in [0.25, 0.3) is 0 Å². The lowest BCUT2D eigenvalue weighted by molar-refractivity contribution is -0.136. The number of nitrogens with one attached hydrogen (secondary N) is 3. The summed E-state index contributed by atoms with van der Waals surface area (Å²) in [5.74, 6) is -1.33. The summed E-state index contributed by atoms with van der Waals surface area (Å²) in [4.78, 5) is 38.0. The van der Waals surface area contributed by atoms with Crippen molar-refractivity contribution in [3.8, 4) is 6.07 Å². The zero-order valence-electron chi connectivity index (χ0n) is 16.5. The predicted octanol–water partition coefficient (Wildman–Crippen LogP) is 1.83. The number of likely N-dealkylation sites (tertiary alicyclic amines) is 1. The van der Waals surface area contributed by atoms with Gasteiger partial charge in [0.1, 0.15) is 6.07 Å². The summed E-state index contributed by atoms with van der Waals surface area (Å²) in [6.07, 6.45) is 1.52. The van der Waals surface area contributed by atoms with Crippen molar-refractivity contribution in [2.45, 2.75) is 39.2 Å². The van der Waals surface area contributed by atoms with Crippen molar-refractivity contribution < 1.29 is 14.4 Å². The lowest BCUT2D eigenvalue weighted by Gasteiger charge is -2.34. The number of para-hydroxylation sites is 1. The third-order valence-corrected chi connectivity index (χ3v) is 4.44. The Hall–Kier alpha value is -3.08. The first-order valence-electron chi connectivity index (χ1n) is 9.35. The number of carbonyl (C=O) groups is 3. The molecule has 8 nitrogen and oxygen atoms in total. The summed E-state index contributed by atoms with van der Waals surface area (Å²) in [7, 11) is 0. The van der Waals surface area contributed by atoms with Crippen LogP contribution >= 0.6 is 0 Å². The van der Waals surface area contributed by atoms with E-state index in [1.165, 1.54) is 0 Å². The predicted molar refractivity (Wildman–Crippen MR) is 105 cm³/mol. The Balaban J connectivity index is 1.76. The Kier molecular flexibility index (Phi) is 6.99. The number of benzene rings is 1. The van der Waals surface area contributed by atoms with Crippen LogP contribution in [-0.4, -0.2) is 47.9 Å². The van der Waals surface area contributed by atoms with E-state index in [2.05, 4.69) is 16.0 Å². The van der Waals surface area contributed by atoms with E-state index in [0.29, 0.717) is 30.9 Å². The van der Waals surface area contributed by atoms with Gasteiger partial charge in [-0.05, 0) is 51.7 Å². The summed E-state index contributed by atoms with van der Waals surface area (Å²) in [5.41, 5.74) is 0.326. The molecule has 0 unspecified atom stereocenters. The van der Waals surface area contributed by atoms with E-state index in [1.54, 1.807) is 29.2 Å². The summed E-state index contributed by atoms with van der Waals surface area (Å²) >= 11 is 0. The minimum atomic E-state index is -0.801. The normalized spacial score (nSPS) is 14.7. The molecule has 0 spiro atoms. The highest BCUT2D eigenvalue weighted by molar-refractivity contribution is 6.39. The maximum atomic E-state index is 12.2. The third-order valence-electron chi connectivity index (χ3n) is 4.44. The summed E-state index contributed by atoms with van der Waals surface area (Å²) in [6.45, 7) is 7.42. The Morgan fingerprint density at radius 3 is 2.39 bits per heavy atom. The van der Waals surface area contributed by atoms with Crippen molar-refractivity contribution in [3.63, 3.8) is 0 Å². The van der Waals surface area contributed by atoms with Crippen LogP contribution in [0.3, 0.4) is 0 Å². The number of hydrogen-bond acceptors (Lipinski definition) is 4. The first kappa shape index (κ1) is 21.2. The fraction of sp³-hybridized carbons (Fsp3) is 0.500. The van der Waals surface area contributed by atoms with Crippen LogP contribution in [0.15, 0.2) is 24.3 Å². The van der Waals surface area contributed by atoms with E-state index in [4.69, 9.17) is 5.26 Å². The van der Waals surface area contributed by atoms with Crippen molar-refractivity contribution in [1.82, 2.24) is 15.5 Å². The first-order chi connectivity index (χ1) is 13.2. The van der Waals surface area contributed by atoms with Crippen molar-refractivity contribution in [3.05, 3.63) is 29.8 Å². The van der Waals surface area contributed by atoms with Crippen LogP contribution in [0.1, 0.15) is 39.2 Å². The maximum Gasteiger partial charge on any atom is 0.317 e. The molecule has 1 aliphatic heterocycles. The van der Waals surface area contributed by atoms with Gasteiger partial charge in [0.2, 0.25) is 0 Å². The summed E-state index contributed by atoms with van der Waals surface area (Å²) in [6, 6.07) is 8.39. The van der Waals surface area contributed by atoms with Crippen molar-refractivity contribution in [2.24, 2.45) is 5.92 Å². The zero-order chi connectivity index (χ0) is 20.7. The number of amides is 4. The first-order valence-corrected chi connectivity index (χ1v) is 9.35. The molecule has 150 valence electrons. The molecule has 0 bridgehead atoms. The molecule has 0 radical (unpaired) electrons. The maximum absolute atomic E-state index is 12.2. The highest BCUT2D eigenvalue weighted by Crippen LogP contribution is 2.17. The molecule has 1 aliphatic rings. The number of rotatable bonds is 3. The molecule has 0 aliphatic carbocycles. The molecule has 1 heterocycles. The van der Waals surface area contributed by atoms with Gasteiger partial charge in [-0.1, -0.05) is 12.1 Å². The third kappa shape index (κ3) is 6.27. The molecule has 1 aromatic rings. The molecule has 8 heteroatoms. The molecule has 0 atom stereocenters. The topological polar surface area (TPSA) is 114 Å². The van der Waals surface area contributed by atoms with Gasteiger partial charge in [0, 0.05) is 25.2 Å². The second-order valence-corrected chi connectivity index (χ2v) is 7.93. The number of hydrogen-bond donors (Lipinski definition) is 3. The van der Waals surface area contributed by atoms with Crippen LogP contribution in [0.5, 0.6) is 0 Å². The number of nitriles is 1. The Bertz CT molecular complexity index is 771. The molecule has 2 rings (SSSR count). The quantitative estimate of drug-likeness (QED) is 0.689. The number of piperidine rings is 1. The van der Waals surface area contributed by atoms with Gasteiger partial charge >= 0.3 is 17.8 Å². The molecule has 1 saturated heterocycles. The fourth-order valence-electron chi connectivity index (χ4n) is 2.93. The minimum absolute atomic E-state index is 0.0782. The second kappa shape index (κ2) is 9.22. The lowest BCUT2D eigenvalue weighted by atomic mass is 9.97. The lowest BCUT2D eigenvalue weighted by Crippen LogP contribution is -2.51. The van der Waals surface area contributed by atoms with Gasteiger partial charge in [-0.2, -0.15) is 5.26 Å². The molecule has 3 N–H and O–H groups in total. The number of carbonyl (C=O) groups excluding carboxylic acids is 3. The van der Waals surface area contributed by atoms with Crippen LogP contribution in [0.4, 0.5) is 10.5 Å². The zero-order valence-corrected chi connectivity index (χ0v) is 16.5. The average Bonchev–Trinajstić information content (AvgIpc) is 2.65. The Morgan fingerprint density at radius 1 is 1.14 bits per heavy atom. The molecule has 0 saturated carbocycles. The molecular formula is C20H27N5O3. The average molecular weight is 385 g/mol. The van der Waals surface area contributed by atoms with E-state index in [9.17, 15) is 14.4 Å².